The van der Waals surface area contributed by atoms with Crippen molar-refractivity contribution in [1.29, 1.82) is 0 Å². The van der Waals surface area contributed by atoms with Crippen molar-refractivity contribution in [2.75, 3.05) is 0 Å². The fraction of sp³-hybridized carbons (Fsp3) is 0.148. The summed E-state index contributed by atoms with van der Waals surface area (Å²) in [7, 11) is 4.52. The predicted molar refractivity (Wildman–Crippen MR) is 238 cm³/mol. The van der Waals surface area contributed by atoms with E-state index in [1.54, 1.807) is 0 Å². The molecule has 268 valence electrons. The molecule has 2 aliphatic carbocycles. The van der Waals surface area contributed by atoms with Gasteiger partial charge in [-0.2, -0.15) is 0 Å². The summed E-state index contributed by atoms with van der Waals surface area (Å²) in [6.45, 7) is 9.46. The highest BCUT2D eigenvalue weighted by molar-refractivity contribution is 6.36. The van der Waals surface area contributed by atoms with Crippen molar-refractivity contribution < 1.29 is 0 Å². The topological polar surface area (TPSA) is 9.86 Å². The minimum Gasteiger partial charge on any atom is -0.342 e. The monoisotopic (exact) mass is 718 g/mol. The number of hydrogen-bond donors (Lipinski definition) is 0. The molecule has 0 atom stereocenters. The van der Waals surface area contributed by atoms with Crippen LogP contribution in [0.15, 0.2) is 146 Å². The zero-order chi connectivity index (χ0) is 37.8. The standard InChI is InChI=1S/C54H42N2/c1-53(2)43-17-11-9-13-35(43)37-23-19-31(27-45(37)53)33-21-25-41-47(29-33)55(5)51-49(41)39-15-7-8-16-40(39)50-42-26-22-34(30-48(42)56(6)52(50)51)32-20-24-38-36-14-10-12-18-44(36)54(3,4)46(38)28-32/h7-30H,1-6H3. The van der Waals surface area contributed by atoms with Gasteiger partial charge in [0.05, 0.1) is 11.0 Å². The Morgan fingerprint density at radius 2 is 0.696 bits per heavy atom. The van der Waals surface area contributed by atoms with Crippen LogP contribution in [0.3, 0.4) is 0 Å². The summed E-state index contributed by atoms with van der Waals surface area (Å²) in [5.41, 5.74) is 21.1. The highest BCUT2D eigenvalue weighted by Crippen LogP contribution is 2.52. The lowest BCUT2D eigenvalue weighted by Gasteiger charge is -2.22. The molecule has 0 amide bonds. The van der Waals surface area contributed by atoms with Gasteiger partial charge in [0.2, 0.25) is 0 Å². The average molecular weight is 719 g/mol. The van der Waals surface area contributed by atoms with Crippen molar-refractivity contribution in [2.24, 2.45) is 14.1 Å². The van der Waals surface area contributed by atoms with Gasteiger partial charge in [0.15, 0.2) is 0 Å². The number of benzene rings is 8. The van der Waals surface area contributed by atoms with Gasteiger partial charge in [-0.3, -0.25) is 0 Å². The molecule has 12 rings (SSSR count). The van der Waals surface area contributed by atoms with Crippen LogP contribution in [0, 0.1) is 0 Å². The largest absolute Gasteiger partial charge is 0.342 e. The van der Waals surface area contributed by atoms with Gasteiger partial charge in [-0.15, -0.1) is 0 Å². The number of aryl methyl sites for hydroxylation is 2. The predicted octanol–water partition coefficient (Wildman–Crippen LogP) is 14.1. The summed E-state index contributed by atoms with van der Waals surface area (Å²) in [5.74, 6) is 0. The molecule has 0 saturated heterocycles. The third kappa shape index (κ3) is 3.91. The van der Waals surface area contributed by atoms with E-state index in [0.717, 1.165) is 0 Å². The Bertz CT molecular complexity index is 3150. The minimum atomic E-state index is -0.0341. The first-order chi connectivity index (χ1) is 27.1. The van der Waals surface area contributed by atoms with Gasteiger partial charge in [0, 0.05) is 57.5 Å². The molecule has 2 aromatic heterocycles. The molecule has 2 nitrogen and oxygen atoms in total. The molecule has 2 aliphatic rings. The summed E-state index contributed by atoms with van der Waals surface area (Å²) in [4.78, 5) is 0. The molecular weight excluding hydrogens is 677 g/mol. The fourth-order valence-electron chi connectivity index (χ4n) is 11.0. The molecule has 0 saturated carbocycles. The van der Waals surface area contributed by atoms with E-state index in [1.165, 1.54) is 121 Å². The van der Waals surface area contributed by atoms with Crippen molar-refractivity contribution in [2.45, 2.75) is 38.5 Å². The van der Waals surface area contributed by atoms with Crippen molar-refractivity contribution >= 4 is 54.4 Å². The van der Waals surface area contributed by atoms with E-state index in [9.17, 15) is 0 Å². The Balaban J connectivity index is 1.06. The number of aromatic nitrogens is 2. The highest BCUT2D eigenvalue weighted by Gasteiger charge is 2.36. The van der Waals surface area contributed by atoms with Crippen LogP contribution >= 0.6 is 0 Å². The molecule has 8 aromatic carbocycles. The normalized spacial score (nSPS) is 14.9. The van der Waals surface area contributed by atoms with E-state index in [1.807, 2.05) is 0 Å². The summed E-state index contributed by atoms with van der Waals surface area (Å²) in [6, 6.07) is 55.3. The first-order valence-electron chi connectivity index (χ1n) is 20.0. The second kappa shape index (κ2) is 10.7. The van der Waals surface area contributed by atoms with Crippen molar-refractivity contribution in [1.82, 2.24) is 9.13 Å². The van der Waals surface area contributed by atoms with Crippen LogP contribution in [0.2, 0.25) is 0 Å². The van der Waals surface area contributed by atoms with E-state index in [0.29, 0.717) is 0 Å². The van der Waals surface area contributed by atoms with Gasteiger partial charge in [-0.05, 0) is 102 Å². The van der Waals surface area contributed by atoms with Crippen molar-refractivity contribution in [3.63, 3.8) is 0 Å². The lowest BCUT2D eigenvalue weighted by atomic mass is 9.81. The van der Waals surface area contributed by atoms with Gasteiger partial charge in [0.1, 0.15) is 0 Å². The van der Waals surface area contributed by atoms with Crippen LogP contribution in [0.25, 0.3) is 98.9 Å². The SMILES string of the molecule is Cn1c2cc(-c3ccc4c(c3)C(C)(C)c3ccccc3-4)ccc2c2c3ccccc3c3c4ccc(-c5ccc6c(c5)C(C)(C)c5ccccc5-6)cc4n(C)c3c21. The molecule has 2 heterocycles. The first kappa shape index (κ1) is 31.9. The Morgan fingerprint density at radius 1 is 0.339 bits per heavy atom. The van der Waals surface area contributed by atoms with Crippen LogP contribution in [-0.2, 0) is 24.9 Å². The van der Waals surface area contributed by atoms with Crippen LogP contribution in [-0.4, -0.2) is 9.13 Å². The number of fused-ring (bicyclic) bond motifs is 16. The summed E-state index contributed by atoms with van der Waals surface area (Å²) < 4.78 is 4.91. The van der Waals surface area contributed by atoms with Crippen LogP contribution in [0.4, 0.5) is 0 Å². The smallest absolute Gasteiger partial charge is 0.0742 e. The molecule has 2 heteroatoms. The first-order valence-corrected chi connectivity index (χ1v) is 20.0. The van der Waals surface area contributed by atoms with E-state index in [2.05, 4.69) is 197 Å². The maximum absolute atomic E-state index is 2.45. The van der Waals surface area contributed by atoms with E-state index in [4.69, 9.17) is 0 Å². The second-order valence-corrected chi connectivity index (χ2v) is 17.4. The Kier molecular flexibility index (Phi) is 6.09. The molecule has 0 radical (unpaired) electrons. The third-order valence-corrected chi connectivity index (χ3v) is 13.9. The van der Waals surface area contributed by atoms with E-state index < -0.39 is 0 Å². The summed E-state index contributed by atoms with van der Waals surface area (Å²) in [6.07, 6.45) is 0. The number of rotatable bonds is 2. The molecule has 0 aliphatic heterocycles. The van der Waals surface area contributed by atoms with Gasteiger partial charge in [0.25, 0.3) is 0 Å². The molecular formula is C54H42N2. The molecule has 0 spiro atoms. The van der Waals surface area contributed by atoms with Gasteiger partial charge in [-0.25, -0.2) is 0 Å². The molecule has 0 bridgehead atoms. The quantitative estimate of drug-likeness (QED) is 0.168. The van der Waals surface area contributed by atoms with Crippen molar-refractivity contribution in [3.8, 4) is 44.5 Å². The Labute approximate surface area is 327 Å². The second-order valence-electron chi connectivity index (χ2n) is 17.4. The Morgan fingerprint density at radius 3 is 1.14 bits per heavy atom. The highest BCUT2D eigenvalue weighted by atomic mass is 15.0. The lowest BCUT2D eigenvalue weighted by Crippen LogP contribution is -2.14. The lowest BCUT2D eigenvalue weighted by molar-refractivity contribution is 0.660. The van der Waals surface area contributed by atoms with E-state index >= 15 is 0 Å². The average Bonchev–Trinajstić information content (AvgIpc) is 3.85. The maximum atomic E-state index is 2.45. The number of nitrogens with zero attached hydrogens (tertiary/aromatic N) is 2. The van der Waals surface area contributed by atoms with E-state index in [-0.39, 0.29) is 10.8 Å². The fourth-order valence-corrected chi connectivity index (χ4v) is 11.0. The van der Waals surface area contributed by atoms with Crippen LogP contribution in [0.1, 0.15) is 49.9 Å². The maximum Gasteiger partial charge on any atom is 0.0742 e. The van der Waals surface area contributed by atoms with Gasteiger partial charge in [-0.1, -0.05) is 149 Å². The van der Waals surface area contributed by atoms with Crippen LogP contribution in [0.5, 0.6) is 0 Å². The van der Waals surface area contributed by atoms with Gasteiger partial charge >= 0.3 is 0 Å². The molecule has 0 unspecified atom stereocenters. The minimum absolute atomic E-state index is 0.0341. The van der Waals surface area contributed by atoms with Crippen molar-refractivity contribution in [3.05, 3.63) is 168 Å². The third-order valence-electron chi connectivity index (χ3n) is 13.9. The van der Waals surface area contributed by atoms with Crippen LogP contribution < -0.4 is 0 Å². The number of hydrogen-bond acceptors (Lipinski definition) is 0. The molecule has 0 fully saturated rings. The Hall–Kier alpha value is -6.38. The summed E-state index contributed by atoms with van der Waals surface area (Å²) >= 11 is 0. The zero-order valence-corrected chi connectivity index (χ0v) is 32.8. The molecule has 0 N–H and O–H groups in total. The molecule has 10 aromatic rings. The zero-order valence-electron chi connectivity index (χ0n) is 32.8. The summed E-state index contributed by atoms with van der Waals surface area (Å²) in [5, 5.41) is 7.87. The molecule has 56 heavy (non-hydrogen) atoms. The van der Waals surface area contributed by atoms with Gasteiger partial charge < -0.3 is 9.13 Å².